The summed E-state index contributed by atoms with van der Waals surface area (Å²) in [5.74, 6) is -4.09. The Kier molecular flexibility index (Phi) is 6.16. The molecule has 1 saturated heterocycles. The third-order valence-electron chi connectivity index (χ3n) is 6.11. The second kappa shape index (κ2) is 8.79. The first-order chi connectivity index (χ1) is 15.9. The number of carboxylic acids is 1. The number of piperidine rings is 1. The molecule has 1 aromatic carbocycles. The van der Waals surface area contributed by atoms with Gasteiger partial charge in [0.25, 0.3) is 11.8 Å². The number of aromatic nitrogens is 2. The maximum Gasteiger partial charge on any atom is 0.335 e. The Labute approximate surface area is 195 Å². The molecule has 9 heteroatoms. The first kappa shape index (κ1) is 23.8. The molecule has 3 heterocycles. The van der Waals surface area contributed by atoms with Crippen molar-refractivity contribution < 1.29 is 28.6 Å². The molecule has 1 aliphatic rings. The van der Waals surface area contributed by atoms with Crippen molar-refractivity contribution in [3.8, 4) is 5.69 Å². The molecule has 0 bridgehead atoms. The smallest absolute Gasteiger partial charge is 0.335 e. The minimum atomic E-state index is -2.73. The molecule has 2 aromatic heterocycles. The van der Waals surface area contributed by atoms with Crippen molar-refractivity contribution in [3.63, 3.8) is 0 Å². The Morgan fingerprint density at radius 2 is 1.74 bits per heavy atom. The Balaban J connectivity index is 1.71. The lowest BCUT2D eigenvalue weighted by atomic mass is 10.0. The van der Waals surface area contributed by atoms with E-state index >= 15 is 0 Å². The molecule has 180 valence electrons. The first-order valence-electron chi connectivity index (χ1n) is 11.2. The van der Waals surface area contributed by atoms with Crippen LogP contribution in [0.25, 0.3) is 16.7 Å². The van der Waals surface area contributed by atoms with Crippen LogP contribution in [-0.4, -0.2) is 61.2 Å². The highest BCUT2D eigenvalue weighted by Crippen LogP contribution is 2.30. The average Bonchev–Trinajstić information content (AvgIpc) is 3.14. The summed E-state index contributed by atoms with van der Waals surface area (Å²) < 4.78 is 28.8. The molecule has 0 spiro atoms. The summed E-state index contributed by atoms with van der Waals surface area (Å²) in [5, 5.41) is 20.1. The van der Waals surface area contributed by atoms with Gasteiger partial charge in [-0.1, -0.05) is 0 Å². The van der Waals surface area contributed by atoms with Gasteiger partial charge in [-0.2, -0.15) is 0 Å². The summed E-state index contributed by atoms with van der Waals surface area (Å²) in [6.45, 7) is 3.44. The molecule has 0 radical (unpaired) electrons. The third kappa shape index (κ3) is 5.09. The van der Waals surface area contributed by atoms with Gasteiger partial charge in [0.1, 0.15) is 5.65 Å². The number of rotatable bonds is 6. The van der Waals surface area contributed by atoms with Crippen LogP contribution >= 0.6 is 0 Å². The van der Waals surface area contributed by atoms with E-state index in [4.69, 9.17) is 0 Å². The predicted octanol–water partition coefficient (Wildman–Crippen LogP) is 4.30. The number of alkyl halides is 2. The van der Waals surface area contributed by atoms with Crippen molar-refractivity contribution in [2.45, 2.75) is 51.1 Å². The van der Waals surface area contributed by atoms with E-state index in [9.17, 15) is 28.6 Å². The Morgan fingerprint density at radius 3 is 2.32 bits per heavy atom. The lowest BCUT2D eigenvalue weighted by Gasteiger charge is -2.31. The number of aryl methyl sites for hydroxylation is 1. The molecule has 0 aliphatic carbocycles. The minimum absolute atomic E-state index is 0.00234. The summed E-state index contributed by atoms with van der Waals surface area (Å²) >= 11 is 0. The maximum atomic E-state index is 13.5. The summed E-state index contributed by atoms with van der Waals surface area (Å²) in [6.07, 6.45) is 1.74. The molecule has 0 saturated carbocycles. The van der Waals surface area contributed by atoms with Crippen LogP contribution in [-0.2, 0) is 6.42 Å². The van der Waals surface area contributed by atoms with E-state index in [1.54, 1.807) is 32.0 Å². The van der Waals surface area contributed by atoms with Crippen molar-refractivity contribution in [3.05, 3.63) is 59.4 Å². The van der Waals surface area contributed by atoms with Crippen LogP contribution in [0.3, 0.4) is 0 Å². The molecule has 3 aromatic rings. The fourth-order valence-electron chi connectivity index (χ4n) is 4.14. The molecule has 34 heavy (non-hydrogen) atoms. The van der Waals surface area contributed by atoms with Crippen molar-refractivity contribution in [2.24, 2.45) is 0 Å². The predicted molar refractivity (Wildman–Crippen MR) is 123 cm³/mol. The highest BCUT2D eigenvalue weighted by Gasteiger charge is 2.36. The molecule has 7 nitrogen and oxygen atoms in total. The normalized spacial score (nSPS) is 16.1. The lowest BCUT2D eigenvalue weighted by molar-refractivity contribution is -0.0494. The van der Waals surface area contributed by atoms with E-state index in [2.05, 4.69) is 4.98 Å². The zero-order valence-corrected chi connectivity index (χ0v) is 19.1. The van der Waals surface area contributed by atoms with Crippen LogP contribution in [0.1, 0.15) is 59.5 Å². The van der Waals surface area contributed by atoms with Crippen molar-refractivity contribution in [1.29, 1.82) is 0 Å². The number of hydrogen-bond donors (Lipinski definition) is 2. The Bertz CT molecular complexity index is 1220. The fourth-order valence-corrected chi connectivity index (χ4v) is 4.14. The van der Waals surface area contributed by atoms with Crippen LogP contribution in [0, 0.1) is 0 Å². The Morgan fingerprint density at radius 1 is 1.09 bits per heavy atom. The molecule has 1 fully saturated rings. The van der Waals surface area contributed by atoms with Gasteiger partial charge in [-0.3, -0.25) is 9.36 Å². The summed E-state index contributed by atoms with van der Waals surface area (Å²) in [7, 11) is 0. The van der Waals surface area contributed by atoms with E-state index < -0.39 is 17.5 Å². The zero-order chi connectivity index (χ0) is 24.7. The Hall–Kier alpha value is -3.33. The van der Waals surface area contributed by atoms with Crippen molar-refractivity contribution in [1.82, 2.24) is 14.5 Å². The summed E-state index contributed by atoms with van der Waals surface area (Å²) in [5.41, 5.74) is 1.72. The number of carbonyl (C=O) groups excluding carboxylic acids is 1. The van der Waals surface area contributed by atoms with Crippen molar-refractivity contribution in [2.75, 3.05) is 13.1 Å². The quantitative estimate of drug-likeness (QED) is 0.559. The van der Waals surface area contributed by atoms with Crippen LogP contribution in [0.4, 0.5) is 8.78 Å². The SMILES string of the molecule is CC(C)(O)CCc1cc2cc(C(=O)N3CCC(F)(F)CC3)cnc2n1-c1ccc(C(=O)O)cc1. The van der Waals surface area contributed by atoms with Crippen LogP contribution in [0.2, 0.25) is 0 Å². The second-order valence-electron chi connectivity index (χ2n) is 9.42. The lowest BCUT2D eigenvalue weighted by Crippen LogP contribution is -2.42. The standard InChI is InChI=1S/C25H27F2N3O4/c1-24(2,34)8-7-20-14-17-13-18(22(31)29-11-9-25(26,27)10-12-29)15-28-21(17)30(20)19-5-3-16(4-6-19)23(32)33/h3-6,13-15,34H,7-12H2,1-2H3,(H,32,33). The molecule has 0 atom stereocenters. The number of nitrogens with zero attached hydrogens (tertiary/aromatic N) is 3. The monoisotopic (exact) mass is 471 g/mol. The van der Waals surface area contributed by atoms with Gasteiger partial charge in [0, 0.05) is 48.9 Å². The van der Waals surface area contributed by atoms with Gasteiger partial charge in [-0.25, -0.2) is 18.6 Å². The van der Waals surface area contributed by atoms with Gasteiger partial charge in [0.15, 0.2) is 0 Å². The molecule has 0 unspecified atom stereocenters. The van der Waals surface area contributed by atoms with E-state index in [1.165, 1.54) is 23.2 Å². The van der Waals surface area contributed by atoms with Crippen LogP contribution in [0.15, 0.2) is 42.6 Å². The number of aromatic carboxylic acids is 1. The summed E-state index contributed by atoms with van der Waals surface area (Å²) in [6, 6.07) is 9.98. The van der Waals surface area contributed by atoms with E-state index in [0.717, 1.165) is 5.69 Å². The first-order valence-corrected chi connectivity index (χ1v) is 11.2. The molecule has 1 amide bonds. The zero-order valence-electron chi connectivity index (χ0n) is 19.1. The number of halogens is 2. The van der Waals surface area contributed by atoms with Gasteiger partial charge >= 0.3 is 5.97 Å². The van der Waals surface area contributed by atoms with Gasteiger partial charge in [-0.05, 0) is 63.1 Å². The largest absolute Gasteiger partial charge is 0.478 e. The summed E-state index contributed by atoms with van der Waals surface area (Å²) in [4.78, 5) is 30.1. The number of hydrogen-bond acceptors (Lipinski definition) is 4. The molecule has 1 aliphatic heterocycles. The number of carbonyl (C=O) groups is 2. The average molecular weight is 472 g/mol. The number of amides is 1. The van der Waals surface area contributed by atoms with Gasteiger partial charge in [0.2, 0.25) is 0 Å². The number of benzene rings is 1. The maximum absolute atomic E-state index is 13.5. The minimum Gasteiger partial charge on any atom is -0.478 e. The second-order valence-corrected chi connectivity index (χ2v) is 9.42. The molecule has 2 N–H and O–H groups in total. The molecular weight excluding hydrogens is 444 g/mol. The number of pyridine rings is 1. The third-order valence-corrected chi connectivity index (χ3v) is 6.11. The number of aliphatic hydroxyl groups is 1. The number of fused-ring (bicyclic) bond motifs is 1. The van der Waals surface area contributed by atoms with Gasteiger partial charge < -0.3 is 15.1 Å². The van der Waals surface area contributed by atoms with Gasteiger partial charge in [0.05, 0.1) is 16.7 Å². The van der Waals surface area contributed by atoms with E-state index in [0.29, 0.717) is 35.1 Å². The number of carboxylic acid groups (broad SMARTS) is 1. The topological polar surface area (TPSA) is 95.7 Å². The highest BCUT2D eigenvalue weighted by molar-refractivity contribution is 5.97. The van der Waals surface area contributed by atoms with E-state index in [1.807, 2.05) is 10.6 Å². The van der Waals surface area contributed by atoms with Crippen LogP contribution in [0.5, 0.6) is 0 Å². The van der Waals surface area contributed by atoms with Crippen molar-refractivity contribution >= 4 is 22.9 Å². The van der Waals surface area contributed by atoms with E-state index in [-0.39, 0.29) is 37.4 Å². The number of likely N-dealkylation sites (tertiary alicyclic amines) is 1. The highest BCUT2D eigenvalue weighted by atomic mass is 19.3. The van der Waals surface area contributed by atoms with Crippen LogP contribution < -0.4 is 0 Å². The molecule has 4 rings (SSSR count). The van der Waals surface area contributed by atoms with Gasteiger partial charge in [-0.15, -0.1) is 0 Å². The molecular formula is C25H27F2N3O4. The fraction of sp³-hybridized carbons (Fsp3) is 0.400.